The molecule has 66 valence electrons. The molecule has 0 atom stereocenters. The zero-order chi connectivity index (χ0) is 8.74. The first-order valence-electron chi connectivity index (χ1n) is 4.35. The topological polar surface area (TPSA) is 9.23 Å². The Balaban J connectivity index is 3.30. The lowest BCUT2D eigenvalue weighted by Crippen LogP contribution is -2.15. The smallest absolute Gasteiger partial charge is 0.0872 e. The second kappa shape index (κ2) is 5.41. The first kappa shape index (κ1) is 10.8. The summed E-state index contributed by atoms with van der Waals surface area (Å²) in [6.45, 7) is 9.94. The average Bonchev–Trinajstić information content (AvgIpc) is 1.85. The van der Waals surface area contributed by atoms with Crippen LogP contribution in [0.5, 0.6) is 0 Å². The molecule has 0 unspecified atom stereocenters. The Kier molecular flexibility index (Phi) is 5.29. The molecule has 0 spiro atoms. The molecule has 0 aromatic carbocycles. The third-order valence-electron chi connectivity index (χ3n) is 1.28. The maximum atomic E-state index is 5.30. The van der Waals surface area contributed by atoms with Crippen molar-refractivity contribution >= 4 is 8.07 Å². The molecule has 0 saturated heterocycles. The Labute approximate surface area is 71.5 Å². The lowest BCUT2D eigenvalue weighted by atomic mass is 10.4. The minimum absolute atomic E-state index is 0.873. The van der Waals surface area contributed by atoms with Crippen molar-refractivity contribution in [3.63, 3.8) is 0 Å². The van der Waals surface area contributed by atoms with Crippen LogP contribution in [0.25, 0.3) is 0 Å². The molecule has 0 aromatic rings. The standard InChI is InChI=1S/C9H20OSi/c1-5-6-7-10-8-9-11(2,3)4/h8-9H,5-7H2,1-4H3/b9-8-. The molecule has 0 aliphatic rings. The van der Waals surface area contributed by atoms with Crippen LogP contribution < -0.4 is 0 Å². The van der Waals surface area contributed by atoms with Crippen molar-refractivity contribution in [1.82, 2.24) is 0 Å². The molecule has 0 saturated carbocycles. The summed E-state index contributed by atoms with van der Waals surface area (Å²) >= 11 is 0. The van der Waals surface area contributed by atoms with Crippen LogP contribution in [-0.2, 0) is 4.74 Å². The molecule has 0 heterocycles. The predicted octanol–water partition coefficient (Wildman–Crippen LogP) is 3.19. The second-order valence-corrected chi connectivity index (χ2v) is 8.96. The molecule has 0 fully saturated rings. The van der Waals surface area contributed by atoms with Gasteiger partial charge >= 0.3 is 0 Å². The molecule has 0 aromatic heterocycles. The summed E-state index contributed by atoms with van der Waals surface area (Å²) in [6.07, 6.45) is 4.25. The van der Waals surface area contributed by atoms with E-state index in [1.54, 1.807) is 0 Å². The van der Waals surface area contributed by atoms with Gasteiger partial charge in [0.1, 0.15) is 0 Å². The van der Waals surface area contributed by atoms with Crippen LogP contribution in [0.4, 0.5) is 0 Å². The van der Waals surface area contributed by atoms with E-state index >= 15 is 0 Å². The molecule has 0 amide bonds. The fourth-order valence-electron chi connectivity index (χ4n) is 0.548. The van der Waals surface area contributed by atoms with Gasteiger partial charge in [-0.05, 0) is 6.42 Å². The van der Waals surface area contributed by atoms with E-state index in [0.29, 0.717) is 0 Å². The molecular weight excluding hydrogens is 152 g/mol. The van der Waals surface area contributed by atoms with Crippen molar-refractivity contribution in [2.75, 3.05) is 6.61 Å². The summed E-state index contributed by atoms with van der Waals surface area (Å²) in [5, 5.41) is 0. The first-order valence-corrected chi connectivity index (χ1v) is 7.93. The van der Waals surface area contributed by atoms with Crippen molar-refractivity contribution < 1.29 is 4.74 Å². The molecule has 0 aliphatic heterocycles. The highest BCUT2D eigenvalue weighted by molar-refractivity contribution is 6.80. The Morgan fingerprint density at radius 1 is 1.27 bits per heavy atom. The van der Waals surface area contributed by atoms with E-state index in [1.807, 2.05) is 6.26 Å². The number of ether oxygens (including phenoxy) is 1. The molecule has 11 heavy (non-hydrogen) atoms. The van der Waals surface area contributed by atoms with Gasteiger partial charge in [-0.2, -0.15) is 0 Å². The van der Waals surface area contributed by atoms with Gasteiger partial charge in [0.15, 0.2) is 0 Å². The van der Waals surface area contributed by atoms with Crippen LogP contribution >= 0.6 is 0 Å². The van der Waals surface area contributed by atoms with E-state index in [1.165, 1.54) is 6.42 Å². The molecule has 1 nitrogen and oxygen atoms in total. The maximum absolute atomic E-state index is 5.30. The van der Waals surface area contributed by atoms with Gasteiger partial charge in [0.05, 0.1) is 20.9 Å². The molecule has 0 N–H and O–H groups in total. The van der Waals surface area contributed by atoms with E-state index in [0.717, 1.165) is 13.0 Å². The van der Waals surface area contributed by atoms with Gasteiger partial charge in [-0.15, -0.1) is 0 Å². The fraction of sp³-hybridized carbons (Fsp3) is 0.778. The molecular formula is C9H20OSi. The van der Waals surface area contributed by atoms with E-state index in [-0.39, 0.29) is 0 Å². The molecule has 0 bridgehead atoms. The average molecular weight is 172 g/mol. The molecule has 2 heteroatoms. The van der Waals surface area contributed by atoms with E-state index in [2.05, 4.69) is 32.3 Å². The Hall–Kier alpha value is -0.243. The van der Waals surface area contributed by atoms with Gasteiger partial charge < -0.3 is 4.74 Å². The predicted molar refractivity (Wildman–Crippen MR) is 53.3 cm³/mol. The first-order chi connectivity index (χ1) is 5.06. The van der Waals surface area contributed by atoms with Gasteiger partial charge in [0.2, 0.25) is 0 Å². The van der Waals surface area contributed by atoms with Crippen LogP contribution in [0.1, 0.15) is 19.8 Å². The largest absolute Gasteiger partial charge is 0.502 e. The molecule has 0 aliphatic carbocycles. The fourth-order valence-corrected chi connectivity index (χ4v) is 1.05. The lowest BCUT2D eigenvalue weighted by molar-refractivity contribution is 0.244. The third kappa shape index (κ3) is 9.76. The Morgan fingerprint density at radius 3 is 2.36 bits per heavy atom. The zero-order valence-electron chi connectivity index (χ0n) is 8.18. The van der Waals surface area contributed by atoms with Gasteiger partial charge in [0.25, 0.3) is 0 Å². The van der Waals surface area contributed by atoms with Crippen LogP contribution in [-0.4, -0.2) is 14.7 Å². The van der Waals surface area contributed by atoms with Crippen LogP contribution in [0.3, 0.4) is 0 Å². The van der Waals surface area contributed by atoms with Crippen molar-refractivity contribution in [3.05, 3.63) is 12.0 Å². The SMILES string of the molecule is CCCCO/C=C\[Si](C)(C)C. The highest BCUT2D eigenvalue weighted by atomic mass is 28.3. The lowest BCUT2D eigenvalue weighted by Gasteiger charge is -2.07. The second-order valence-electron chi connectivity index (χ2n) is 3.89. The minimum Gasteiger partial charge on any atom is -0.502 e. The van der Waals surface area contributed by atoms with Crippen molar-refractivity contribution in [1.29, 1.82) is 0 Å². The Bertz CT molecular complexity index is 113. The number of hydrogen-bond donors (Lipinski definition) is 0. The summed E-state index contributed by atoms with van der Waals surface area (Å²) in [5.41, 5.74) is 2.22. The quantitative estimate of drug-likeness (QED) is 0.351. The van der Waals surface area contributed by atoms with Crippen molar-refractivity contribution in [3.8, 4) is 0 Å². The monoisotopic (exact) mass is 172 g/mol. The van der Waals surface area contributed by atoms with Crippen molar-refractivity contribution in [2.45, 2.75) is 39.4 Å². The van der Waals surface area contributed by atoms with Gasteiger partial charge in [-0.25, -0.2) is 0 Å². The van der Waals surface area contributed by atoms with Crippen LogP contribution in [0.15, 0.2) is 12.0 Å². The highest BCUT2D eigenvalue weighted by Gasteiger charge is 2.06. The van der Waals surface area contributed by atoms with Gasteiger partial charge in [-0.3, -0.25) is 0 Å². The van der Waals surface area contributed by atoms with Crippen LogP contribution in [0.2, 0.25) is 19.6 Å². The third-order valence-corrected chi connectivity index (χ3v) is 2.42. The summed E-state index contributed by atoms with van der Waals surface area (Å²) in [6, 6.07) is 0. The minimum atomic E-state index is -1.02. The van der Waals surface area contributed by atoms with E-state index in [4.69, 9.17) is 4.74 Å². The van der Waals surface area contributed by atoms with E-state index in [9.17, 15) is 0 Å². The maximum Gasteiger partial charge on any atom is 0.0872 e. The van der Waals surface area contributed by atoms with Gasteiger partial charge in [-0.1, -0.05) is 38.7 Å². The molecule has 0 rings (SSSR count). The summed E-state index contributed by atoms with van der Waals surface area (Å²) < 4.78 is 5.30. The summed E-state index contributed by atoms with van der Waals surface area (Å²) in [7, 11) is -1.02. The number of rotatable bonds is 5. The molecule has 0 radical (unpaired) electrons. The zero-order valence-corrected chi connectivity index (χ0v) is 9.18. The van der Waals surface area contributed by atoms with Gasteiger partial charge in [0, 0.05) is 0 Å². The van der Waals surface area contributed by atoms with E-state index < -0.39 is 8.07 Å². The summed E-state index contributed by atoms with van der Waals surface area (Å²) in [5.74, 6) is 0. The number of unbranched alkanes of at least 4 members (excludes halogenated alkanes) is 1. The number of hydrogen-bond acceptors (Lipinski definition) is 1. The van der Waals surface area contributed by atoms with Crippen LogP contribution in [0, 0.1) is 0 Å². The van der Waals surface area contributed by atoms with Crippen molar-refractivity contribution in [2.24, 2.45) is 0 Å². The Morgan fingerprint density at radius 2 is 1.91 bits per heavy atom. The normalized spacial score (nSPS) is 12.4. The summed E-state index contributed by atoms with van der Waals surface area (Å²) in [4.78, 5) is 0. The highest BCUT2D eigenvalue weighted by Crippen LogP contribution is 2.01.